The standard InChI is InChI=1S/C8H8F2O2/c1-5-3-6(11)8(9,10)7(4-5)12-2/h3-4H,1-2H3. The number of methoxy groups -OCH3 is 1. The van der Waals surface area contributed by atoms with Crippen molar-refractivity contribution in [3.8, 4) is 0 Å². The molecule has 1 rings (SSSR count). The highest BCUT2D eigenvalue weighted by Gasteiger charge is 2.44. The lowest BCUT2D eigenvalue weighted by molar-refractivity contribution is -0.137. The lowest BCUT2D eigenvalue weighted by Gasteiger charge is -2.19. The average Bonchev–Trinajstić information content (AvgIpc) is 1.97. The Balaban J connectivity index is 3.10. The molecule has 0 atom stereocenters. The number of hydrogen-bond acceptors (Lipinski definition) is 2. The maximum absolute atomic E-state index is 12.8. The summed E-state index contributed by atoms with van der Waals surface area (Å²) in [5, 5.41) is 0. The van der Waals surface area contributed by atoms with Crippen LogP contribution in [0.2, 0.25) is 0 Å². The van der Waals surface area contributed by atoms with Gasteiger partial charge in [0.15, 0.2) is 5.76 Å². The molecule has 0 aliphatic heterocycles. The third-order valence-corrected chi connectivity index (χ3v) is 1.56. The summed E-state index contributed by atoms with van der Waals surface area (Å²) in [5.41, 5.74) is 0.475. The Hall–Kier alpha value is -1.19. The van der Waals surface area contributed by atoms with E-state index in [0.29, 0.717) is 5.57 Å². The van der Waals surface area contributed by atoms with Gasteiger partial charge in [0, 0.05) is 0 Å². The number of alkyl halides is 2. The molecule has 0 heterocycles. The SMILES string of the molecule is COC1=CC(C)=CC(=O)C1(F)F. The predicted molar refractivity (Wildman–Crippen MR) is 38.8 cm³/mol. The second-order valence-corrected chi connectivity index (χ2v) is 2.54. The van der Waals surface area contributed by atoms with E-state index in [-0.39, 0.29) is 0 Å². The second kappa shape index (κ2) is 2.69. The molecular weight excluding hydrogens is 166 g/mol. The summed E-state index contributed by atoms with van der Waals surface area (Å²) in [6.45, 7) is 1.56. The van der Waals surface area contributed by atoms with Crippen LogP contribution in [0.5, 0.6) is 0 Å². The van der Waals surface area contributed by atoms with Crippen molar-refractivity contribution in [1.82, 2.24) is 0 Å². The van der Waals surface area contributed by atoms with Gasteiger partial charge in [0.2, 0.25) is 5.78 Å². The Labute approximate surface area is 68.5 Å². The molecule has 66 valence electrons. The van der Waals surface area contributed by atoms with Crippen molar-refractivity contribution < 1.29 is 18.3 Å². The third kappa shape index (κ3) is 1.24. The summed E-state index contributed by atoms with van der Waals surface area (Å²) in [4.78, 5) is 10.7. The van der Waals surface area contributed by atoms with E-state index < -0.39 is 17.5 Å². The Kier molecular flexibility index (Phi) is 2.00. The Morgan fingerprint density at radius 3 is 2.50 bits per heavy atom. The molecule has 0 saturated heterocycles. The van der Waals surface area contributed by atoms with Crippen molar-refractivity contribution in [1.29, 1.82) is 0 Å². The molecule has 0 fully saturated rings. The summed E-state index contributed by atoms with van der Waals surface area (Å²) >= 11 is 0. The number of allylic oxidation sites excluding steroid dienone is 4. The van der Waals surface area contributed by atoms with E-state index in [1.165, 1.54) is 0 Å². The molecule has 2 nitrogen and oxygen atoms in total. The Bertz CT molecular complexity index is 277. The molecular formula is C8H8F2O2. The van der Waals surface area contributed by atoms with E-state index in [2.05, 4.69) is 4.74 Å². The van der Waals surface area contributed by atoms with Gasteiger partial charge in [0.05, 0.1) is 7.11 Å². The first-order valence-electron chi connectivity index (χ1n) is 3.35. The summed E-state index contributed by atoms with van der Waals surface area (Å²) < 4.78 is 30.1. The molecule has 0 aromatic carbocycles. The topological polar surface area (TPSA) is 26.3 Å². The first-order chi connectivity index (χ1) is 5.48. The number of halogens is 2. The molecule has 12 heavy (non-hydrogen) atoms. The number of carbonyl (C=O) groups excluding carboxylic acids is 1. The molecule has 0 saturated carbocycles. The first-order valence-corrected chi connectivity index (χ1v) is 3.35. The highest BCUT2D eigenvalue weighted by molar-refractivity contribution is 6.00. The van der Waals surface area contributed by atoms with Gasteiger partial charge in [0.25, 0.3) is 0 Å². The van der Waals surface area contributed by atoms with Crippen LogP contribution in [0.3, 0.4) is 0 Å². The minimum absolute atomic E-state index is 0.475. The zero-order chi connectivity index (χ0) is 9.35. The van der Waals surface area contributed by atoms with Gasteiger partial charge < -0.3 is 4.74 Å². The summed E-state index contributed by atoms with van der Waals surface area (Å²) in [6.07, 6.45) is 2.06. The molecule has 0 spiro atoms. The van der Waals surface area contributed by atoms with Gasteiger partial charge >= 0.3 is 5.92 Å². The number of hydrogen-bond donors (Lipinski definition) is 0. The van der Waals surface area contributed by atoms with Crippen LogP contribution < -0.4 is 0 Å². The quantitative estimate of drug-likeness (QED) is 0.604. The molecule has 4 heteroatoms. The van der Waals surface area contributed by atoms with Crippen LogP contribution in [0.4, 0.5) is 8.78 Å². The van der Waals surface area contributed by atoms with E-state index in [9.17, 15) is 13.6 Å². The monoisotopic (exact) mass is 174 g/mol. The summed E-state index contributed by atoms with van der Waals surface area (Å²) in [7, 11) is 1.12. The van der Waals surface area contributed by atoms with Crippen molar-refractivity contribution >= 4 is 5.78 Å². The van der Waals surface area contributed by atoms with Crippen molar-refractivity contribution in [2.45, 2.75) is 12.8 Å². The maximum atomic E-state index is 12.8. The van der Waals surface area contributed by atoms with E-state index in [1.54, 1.807) is 6.92 Å². The van der Waals surface area contributed by atoms with Crippen molar-refractivity contribution in [3.05, 3.63) is 23.5 Å². The van der Waals surface area contributed by atoms with Gasteiger partial charge in [-0.25, -0.2) is 0 Å². The van der Waals surface area contributed by atoms with E-state index >= 15 is 0 Å². The minimum Gasteiger partial charge on any atom is -0.494 e. The van der Waals surface area contributed by atoms with Gasteiger partial charge in [0.1, 0.15) is 0 Å². The minimum atomic E-state index is -3.49. The van der Waals surface area contributed by atoms with Crippen LogP contribution in [-0.2, 0) is 9.53 Å². The molecule has 0 unspecified atom stereocenters. The normalized spacial score (nSPS) is 21.5. The fraction of sp³-hybridized carbons (Fsp3) is 0.375. The maximum Gasteiger partial charge on any atom is 0.365 e. The van der Waals surface area contributed by atoms with Crippen LogP contribution in [0.25, 0.3) is 0 Å². The van der Waals surface area contributed by atoms with Crippen LogP contribution in [0.15, 0.2) is 23.5 Å². The van der Waals surface area contributed by atoms with Crippen LogP contribution in [-0.4, -0.2) is 18.8 Å². The third-order valence-electron chi connectivity index (χ3n) is 1.56. The van der Waals surface area contributed by atoms with Gasteiger partial charge in [-0.15, -0.1) is 0 Å². The van der Waals surface area contributed by atoms with Gasteiger partial charge in [-0.3, -0.25) is 4.79 Å². The van der Waals surface area contributed by atoms with Crippen LogP contribution >= 0.6 is 0 Å². The van der Waals surface area contributed by atoms with E-state index in [1.807, 2.05) is 0 Å². The van der Waals surface area contributed by atoms with Gasteiger partial charge in [-0.05, 0) is 24.6 Å². The van der Waals surface area contributed by atoms with Crippen LogP contribution in [0, 0.1) is 0 Å². The zero-order valence-corrected chi connectivity index (χ0v) is 6.73. The predicted octanol–water partition coefficient (Wildman–Crippen LogP) is 1.68. The lowest BCUT2D eigenvalue weighted by Crippen LogP contribution is -2.32. The molecule has 0 radical (unpaired) electrons. The van der Waals surface area contributed by atoms with Crippen molar-refractivity contribution in [3.63, 3.8) is 0 Å². The largest absolute Gasteiger partial charge is 0.494 e. The number of carbonyl (C=O) groups is 1. The van der Waals surface area contributed by atoms with Gasteiger partial charge in [-0.1, -0.05) is 0 Å². The highest BCUT2D eigenvalue weighted by atomic mass is 19.3. The Morgan fingerprint density at radius 1 is 1.42 bits per heavy atom. The lowest BCUT2D eigenvalue weighted by atomic mass is 10.0. The second-order valence-electron chi connectivity index (χ2n) is 2.54. The number of ether oxygens (including phenoxy) is 1. The molecule has 0 amide bonds. The first kappa shape index (κ1) is 8.90. The molecule has 0 aromatic heterocycles. The smallest absolute Gasteiger partial charge is 0.365 e. The van der Waals surface area contributed by atoms with Crippen molar-refractivity contribution in [2.24, 2.45) is 0 Å². The average molecular weight is 174 g/mol. The molecule has 1 aliphatic carbocycles. The van der Waals surface area contributed by atoms with Gasteiger partial charge in [-0.2, -0.15) is 8.78 Å². The van der Waals surface area contributed by atoms with E-state index in [4.69, 9.17) is 0 Å². The highest BCUT2D eigenvalue weighted by Crippen LogP contribution is 2.30. The van der Waals surface area contributed by atoms with Crippen molar-refractivity contribution in [2.75, 3.05) is 7.11 Å². The molecule has 0 N–H and O–H groups in total. The number of rotatable bonds is 1. The molecule has 0 aromatic rings. The number of ketones is 1. The summed E-state index contributed by atoms with van der Waals surface area (Å²) in [5.74, 6) is -5.30. The van der Waals surface area contributed by atoms with E-state index in [0.717, 1.165) is 19.3 Å². The summed E-state index contributed by atoms with van der Waals surface area (Å²) in [6, 6.07) is 0. The molecule has 0 bridgehead atoms. The Morgan fingerprint density at radius 2 is 2.00 bits per heavy atom. The molecule has 1 aliphatic rings. The van der Waals surface area contributed by atoms with Crippen LogP contribution in [0.1, 0.15) is 6.92 Å². The zero-order valence-electron chi connectivity index (χ0n) is 6.73. The fourth-order valence-electron chi connectivity index (χ4n) is 0.945. The fourth-order valence-corrected chi connectivity index (χ4v) is 0.945.